The molecule has 4 nitrogen and oxygen atoms in total. The smallest absolute Gasteiger partial charge is 0.272 e. The first-order valence-electron chi connectivity index (χ1n) is 7.25. The number of hydrogen-bond donors (Lipinski definition) is 0. The van der Waals surface area contributed by atoms with Gasteiger partial charge < -0.3 is 9.64 Å². The van der Waals surface area contributed by atoms with E-state index in [1.54, 1.807) is 12.3 Å². The Balaban J connectivity index is 1.64. The number of carbonyl (C=O) groups excluding carboxylic acids is 1. The van der Waals surface area contributed by atoms with Gasteiger partial charge in [0.1, 0.15) is 17.5 Å². The van der Waals surface area contributed by atoms with E-state index >= 15 is 0 Å². The standard InChI is InChI=1S/C17H18N2O2/c20-17(16-10-4-5-11-18-16)19-12-6-9-15(13-19)21-14-7-2-1-3-8-14/h1-5,7-8,10-11,15H,6,9,12-13H2. The largest absolute Gasteiger partial charge is 0.489 e. The number of hydrogen-bond acceptors (Lipinski definition) is 3. The van der Waals surface area contributed by atoms with Crippen LogP contribution >= 0.6 is 0 Å². The molecular formula is C17H18N2O2. The van der Waals surface area contributed by atoms with Crippen molar-refractivity contribution in [1.82, 2.24) is 9.88 Å². The summed E-state index contributed by atoms with van der Waals surface area (Å²) in [7, 11) is 0. The van der Waals surface area contributed by atoms with Crippen LogP contribution in [0.25, 0.3) is 0 Å². The minimum absolute atomic E-state index is 0.0167. The molecule has 2 aromatic rings. The van der Waals surface area contributed by atoms with Gasteiger partial charge in [-0.3, -0.25) is 9.78 Å². The van der Waals surface area contributed by atoms with E-state index < -0.39 is 0 Å². The predicted octanol–water partition coefficient (Wildman–Crippen LogP) is 2.77. The molecule has 1 aliphatic heterocycles. The van der Waals surface area contributed by atoms with Gasteiger partial charge in [0.15, 0.2) is 0 Å². The molecule has 0 bridgehead atoms. The van der Waals surface area contributed by atoms with Gasteiger partial charge in [-0.15, -0.1) is 0 Å². The number of benzene rings is 1. The van der Waals surface area contributed by atoms with Crippen molar-refractivity contribution in [2.24, 2.45) is 0 Å². The molecule has 108 valence electrons. The SMILES string of the molecule is O=C(c1ccccn1)N1CCCC(Oc2ccccc2)C1. The third kappa shape index (κ3) is 3.40. The number of rotatable bonds is 3. The molecule has 3 rings (SSSR count). The zero-order chi connectivity index (χ0) is 14.5. The molecule has 0 radical (unpaired) electrons. The molecule has 1 saturated heterocycles. The van der Waals surface area contributed by atoms with Crippen LogP contribution in [0.1, 0.15) is 23.3 Å². The van der Waals surface area contributed by atoms with Gasteiger partial charge in [-0.05, 0) is 37.1 Å². The second kappa shape index (κ2) is 6.39. The summed E-state index contributed by atoms with van der Waals surface area (Å²) in [5.74, 6) is 0.839. The van der Waals surface area contributed by atoms with Gasteiger partial charge in [-0.1, -0.05) is 24.3 Å². The van der Waals surface area contributed by atoms with Crippen molar-refractivity contribution in [3.63, 3.8) is 0 Å². The van der Waals surface area contributed by atoms with Crippen molar-refractivity contribution in [1.29, 1.82) is 0 Å². The highest BCUT2D eigenvalue weighted by Crippen LogP contribution is 2.19. The lowest BCUT2D eigenvalue weighted by molar-refractivity contribution is 0.0532. The average molecular weight is 282 g/mol. The first-order chi connectivity index (χ1) is 10.3. The van der Waals surface area contributed by atoms with Crippen LogP contribution in [0.3, 0.4) is 0 Å². The lowest BCUT2D eigenvalue weighted by Crippen LogP contribution is -2.44. The van der Waals surface area contributed by atoms with Gasteiger partial charge in [0.05, 0.1) is 6.54 Å². The van der Waals surface area contributed by atoms with E-state index in [1.807, 2.05) is 47.4 Å². The number of pyridine rings is 1. The third-order valence-electron chi connectivity index (χ3n) is 3.60. The zero-order valence-corrected chi connectivity index (χ0v) is 11.8. The maximum absolute atomic E-state index is 12.4. The molecule has 1 atom stereocenters. The summed E-state index contributed by atoms with van der Waals surface area (Å²) in [6, 6.07) is 15.2. The van der Waals surface area contributed by atoms with Gasteiger partial charge in [-0.2, -0.15) is 0 Å². The van der Waals surface area contributed by atoms with Crippen molar-refractivity contribution in [3.05, 3.63) is 60.4 Å². The van der Waals surface area contributed by atoms with Crippen LogP contribution in [0.5, 0.6) is 5.75 Å². The lowest BCUT2D eigenvalue weighted by atomic mass is 10.1. The summed E-state index contributed by atoms with van der Waals surface area (Å²) >= 11 is 0. The van der Waals surface area contributed by atoms with E-state index in [4.69, 9.17) is 4.74 Å². The van der Waals surface area contributed by atoms with Crippen molar-refractivity contribution in [2.75, 3.05) is 13.1 Å². The van der Waals surface area contributed by atoms with Crippen LogP contribution in [0, 0.1) is 0 Å². The topological polar surface area (TPSA) is 42.4 Å². The highest BCUT2D eigenvalue weighted by molar-refractivity contribution is 5.92. The molecule has 0 spiro atoms. The highest BCUT2D eigenvalue weighted by Gasteiger charge is 2.26. The maximum Gasteiger partial charge on any atom is 0.272 e. The number of amides is 1. The van der Waals surface area contributed by atoms with Crippen molar-refractivity contribution < 1.29 is 9.53 Å². The Bertz CT molecular complexity index is 586. The lowest BCUT2D eigenvalue weighted by Gasteiger charge is -2.32. The first-order valence-corrected chi connectivity index (χ1v) is 7.25. The minimum Gasteiger partial charge on any atom is -0.489 e. The Kier molecular flexibility index (Phi) is 4.15. The fraction of sp³-hybridized carbons (Fsp3) is 0.294. The molecular weight excluding hydrogens is 264 g/mol. The van der Waals surface area contributed by atoms with E-state index in [0.717, 1.165) is 25.1 Å². The number of para-hydroxylation sites is 1. The summed E-state index contributed by atoms with van der Waals surface area (Å²) in [4.78, 5) is 18.4. The molecule has 0 aliphatic carbocycles. The van der Waals surface area contributed by atoms with E-state index in [-0.39, 0.29) is 12.0 Å². The van der Waals surface area contributed by atoms with Crippen LogP contribution in [-0.2, 0) is 0 Å². The highest BCUT2D eigenvalue weighted by atomic mass is 16.5. The molecule has 1 aromatic carbocycles. The molecule has 2 heterocycles. The van der Waals surface area contributed by atoms with E-state index in [1.165, 1.54) is 0 Å². The minimum atomic E-state index is -0.0167. The van der Waals surface area contributed by atoms with Gasteiger partial charge in [0, 0.05) is 12.7 Å². The van der Waals surface area contributed by atoms with Crippen LogP contribution in [0.2, 0.25) is 0 Å². The zero-order valence-electron chi connectivity index (χ0n) is 11.8. The fourth-order valence-electron chi connectivity index (χ4n) is 2.56. The molecule has 1 amide bonds. The molecule has 0 saturated carbocycles. The number of carbonyl (C=O) groups is 1. The molecule has 1 aromatic heterocycles. The van der Waals surface area contributed by atoms with Gasteiger partial charge in [-0.25, -0.2) is 0 Å². The summed E-state index contributed by atoms with van der Waals surface area (Å²) in [6.45, 7) is 1.38. The molecule has 1 aliphatic rings. The molecule has 1 fully saturated rings. The normalized spacial score (nSPS) is 18.3. The number of piperidine rings is 1. The van der Waals surface area contributed by atoms with Crippen molar-refractivity contribution in [3.8, 4) is 5.75 Å². The quantitative estimate of drug-likeness (QED) is 0.869. The van der Waals surface area contributed by atoms with Crippen LogP contribution in [0.4, 0.5) is 0 Å². The van der Waals surface area contributed by atoms with Crippen LogP contribution < -0.4 is 4.74 Å². The second-order valence-electron chi connectivity index (χ2n) is 5.16. The monoisotopic (exact) mass is 282 g/mol. The summed E-state index contributed by atoms with van der Waals surface area (Å²) < 4.78 is 5.96. The second-order valence-corrected chi connectivity index (χ2v) is 5.16. The van der Waals surface area contributed by atoms with Crippen LogP contribution in [-0.4, -0.2) is 35.0 Å². The van der Waals surface area contributed by atoms with Gasteiger partial charge >= 0.3 is 0 Å². The van der Waals surface area contributed by atoms with E-state index in [2.05, 4.69) is 4.98 Å². The molecule has 4 heteroatoms. The molecule has 1 unspecified atom stereocenters. The number of nitrogens with zero attached hydrogens (tertiary/aromatic N) is 2. The molecule has 0 N–H and O–H groups in total. The number of aromatic nitrogens is 1. The Hall–Kier alpha value is -2.36. The first kappa shape index (κ1) is 13.6. The van der Waals surface area contributed by atoms with Gasteiger partial charge in [0.2, 0.25) is 0 Å². The molecule has 21 heavy (non-hydrogen) atoms. The average Bonchev–Trinajstić information content (AvgIpc) is 2.56. The summed E-state index contributed by atoms with van der Waals surface area (Å²) in [5.41, 5.74) is 0.498. The van der Waals surface area contributed by atoms with E-state index in [9.17, 15) is 4.79 Å². The Morgan fingerprint density at radius 1 is 1.14 bits per heavy atom. The predicted molar refractivity (Wildman–Crippen MR) is 80.2 cm³/mol. The van der Waals surface area contributed by atoms with Crippen molar-refractivity contribution in [2.45, 2.75) is 18.9 Å². The Morgan fingerprint density at radius 3 is 2.71 bits per heavy atom. The van der Waals surface area contributed by atoms with Crippen LogP contribution in [0.15, 0.2) is 54.7 Å². The third-order valence-corrected chi connectivity index (χ3v) is 3.60. The number of ether oxygens (including phenoxy) is 1. The fourth-order valence-corrected chi connectivity index (χ4v) is 2.56. The summed E-state index contributed by atoms with van der Waals surface area (Å²) in [6.07, 6.45) is 3.63. The number of likely N-dealkylation sites (tertiary alicyclic amines) is 1. The van der Waals surface area contributed by atoms with Crippen molar-refractivity contribution >= 4 is 5.91 Å². The van der Waals surface area contributed by atoms with Gasteiger partial charge in [0.25, 0.3) is 5.91 Å². The summed E-state index contributed by atoms with van der Waals surface area (Å²) in [5, 5.41) is 0. The van der Waals surface area contributed by atoms with E-state index in [0.29, 0.717) is 12.2 Å². The Labute approximate surface area is 124 Å². The Morgan fingerprint density at radius 2 is 1.95 bits per heavy atom. The maximum atomic E-state index is 12.4.